The Bertz CT molecular complexity index is 1090. The molecule has 1 aromatic carbocycles. The van der Waals surface area contributed by atoms with Crippen LogP contribution in [0.3, 0.4) is 0 Å². The fourth-order valence-electron chi connectivity index (χ4n) is 6.01. The summed E-state index contributed by atoms with van der Waals surface area (Å²) in [5, 5.41) is 17.9. The smallest absolute Gasteiger partial charge is 0.407 e. The molecular formula is C37H65N3O8. The van der Waals surface area contributed by atoms with E-state index in [0.29, 0.717) is 50.8 Å². The molecule has 1 aliphatic rings. The third kappa shape index (κ3) is 15.3. The number of carbonyl (C=O) groups excluding carboxylic acids is 2. The zero-order valence-electron chi connectivity index (χ0n) is 31.3. The van der Waals surface area contributed by atoms with E-state index in [2.05, 4.69) is 29.4 Å². The Morgan fingerprint density at radius 3 is 2.23 bits per heavy atom. The molecule has 5 atom stereocenters. The third-order valence-electron chi connectivity index (χ3n) is 8.80. The normalized spacial score (nSPS) is 17.4. The lowest BCUT2D eigenvalue weighted by Gasteiger charge is -2.34. The van der Waals surface area contributed by atoms with Crippen LogP contribution in [0.1, 0.15) is 80.2 Å². The van der Waals surface area contributed by atoms with Gasteiger partial charge in [-0.3, -0.25) is 9.69 Å². The molecule has 0 aliphatic carbocycles. The quantitative estimate of drug-likeness (QED) is 0.162. The molecule has 1 heterocycles. The van der Waals surface area contributed by atoms with Crippen molar-refractivity contribution in [2.75, 3.05) is 60.3 Å². The second kappa shape index (κ2) is 20.8. The SMILES string of the molecule is COCCCOc1cc(C[C@@H](C[C@H](NC(=O)OC(C)(C)C)[C@@H](O)C[C@H](C(=O)N[C@H](C)CN2CCOCC2)C(C)C)C(C)C)ccc1OC. The minimum Gasteiger partial charge on any atom is -0.493 e. The summed E-state index contributed by atoms with van der Waals surface area (Å²) in [6, 6.07) is 5.27. The van der Waals surface area contributed by atoms with Crippen molar-refractivity contribution in [3.8, 4) is 11.5 Å². The lowest BCUT2D eigenvalue weighted by molar-refractivity contribution is -0.128. The molecule has 1 fully saturated rings. The van der Waals surface area contributed by atoms with E-state index >= 15 is 0 Å². The molecule has 0 saturated carbocycles. The van der Waals surface area contributed by atoms with E-state index in [4.69, 9.17) is 23.7 Å². The van der Waals surface area contributed by atoms with Gasteiger partial charge >= 0.3 is 6.09 Å². The lowest BCUT2D eigenvalue weighted by atomic mass is 9.80. The first-order chi connectivity index (χ1) is 22.6. The minimum atomic E-state index is -0.970. The number of morpholine rings is 1. The van der Waals surface area contributed by atoms with Crippen LogP contribution in [0.25, 0.3) is 0 Å². The molecule has 11 nitrogen and oxygen atoms in total. The highest BCUT2D eigenvalue weighted by atomic mass is 16.6. The number of alkyl carbamates (subject to hydrolysis) is 1. The number of rotatable bonds is 20. The largest absolute Gasteiger partial charge is 0.493 e. The molecule has 48 heavy (non-hydrogen) atoms. The van der Waals surface area contributed by atoms with Crippen molar-refractivity contribution >= 4 is 12.0 Å². The van der Waals surface area contributed by atoms with Crippen molar-refractivity contribution in [1.82, 2.24) is 15.5 Å². The third-order valence-corrected chi connectivity index (χ3v) is 8.80. The predicted molar refractivity (Wildman–Crippen MR) is 189 cm³/mol. The van der Waals surface area contributed by atoms with Gasteiger partial charge < -0.3 is 39.4 Å². The first-order valence-corrected chi connectivity index (χ1v) is 17.7. The average molecular weight is 680 g/mol. The second-order valence-electron chi connectivity index (χ2n) is 14.9. The molecule has 276 valence electrons. The molecule has 2 amide bonds. The van der Waals surface area contributed by atoms with E-state index in [1.54, 1.807) is 14.2 Å². The minimum absolute atomic E-state index is 0.0140. The number of carbonyl (C=O) groups is 2. The summed E-state index contributed by atoms with van der Waals surface area (Å²) in [4.78, 5) is 28.9. The van der Waals surface area contributed by atoms with Crippen LogP contribution in [0.4, 0.5) is 4.79 Å². The molecule has 11 heteroatoms. The van der Waals surface area contributed by atoms with E-state index in [-0.39, 0.29) is 36.1 Å². The summed E-state index contributed by atoms with van der Waals surface area (Å²) < 4.78 is 27.8. The van der Waals surface area contributed by atoms with Crippen LogP contribution in [0.2, 0.25) is 0 Å². The highest BCUT2D eigenvalue weighted by Crippen LogP contribution is 2.32. The zero-order valence-corrected chi connectivity index (χ0v) is 31.3. The number of benzene rings is 1. The van der Waals surface area contributed by atoms with Gasteiger partial charge in [0.05, 0.1) is 39.1 Å². The Labute approximate surface area is 289 Å². The van der Waals surface area contributed by atoms with Gasteiger partial charge in [-0.1, -0.05) is 33.8 Å². The average Bonchev–Trinajstić information content (AvgIpc) is 3.00. The van der Waals surface area contributed by atoms with Gasteiger partial charge in [0.1, 0.15) is 5.60 Å². The Kier molecular flexibility index (Phi) is 18.0. The summed E-state index contributed by atoms with van der Waals surface area (Å²) >= 11 is 0. The number of amides is 2. The Hall–Kier alpha value is -2.60. The van der Waals surface area contributed by atoms with Crippen molar-refractivity contribution in [2.45, 2.75) is 105 Å². The molecule has 0 spiro atoms. The fourth-order valence-corrected chi connectivity index (χ4v) is 6.01. The molecule has 0 unspecified atom stereocenters. The van der Waals surface area contributed by atoms with Crippen molar-refractivity contribution in [3.05, 3.63) is 23.8 Å². The van der Waals surface area contributed by atoms with E-state index < -0.39 is 29.8 Å². The van der Waals surface area contributed by atoms with Crippen LogP contribution in [0.15, 0.2) is 18.2 Å². The van der Waals surface area contributed by atoms with E-state index in [9.17, 15) is 14.7 Å². The number of aliphatic hydroxyl groups excluding tert-OH is 1. The molecule has 1 aliphatic heterocycles. The molecular weight excluding hydrogens is 614 g/mol. The van der Waals surface area contributed by atoms with Gasteiger partial charge in [-0.05, 0) is 82.4 Å². The Morgan fingerprint density at radius 1 is 0.958 bits per heavy atom. The summed E-state index contributed by atoms with van der Waals surface area (Å²) in [7, 11) is 3.29. The van der Waals surface area contributed by atoms with Gasteiger partial charge in [0, 0.05) is 51.7 Å². The number of nitrogens with one attached hydrogen (secondary N) is 2. The molecule has 1 aromatic rings. The van der Waals surface area contributed by atoms with Crippen LogP contribution in [-0.4, -0.2) is 106 Å². The number of methoxy groups -OCH3 is 2. The first-order valence-electron chi connectivity index (χ1n) is 17.7. The summed E-state index contributed by atoms with van der Waals surface area (Å²) in [5.41, 5.74) is 0.368. The molecule has 3 N–H and O–H groups in total. The van der Waals surface area contributed by atoms with Crippen LogP contribution in [-0.2, 0) is 25.4 Å². The Balaban J connectivity index is 2.23. The topological polar surface area (TPSA) is 128 Å². The van der Waals surface area contributed by atoms with Crippen molar-refractivity contribution < 1.29 is 38.4 Å². The van der Waals surface area contributed by atoms with Gasteiger partial charge in [-0.15, -0.1) is 0 Å². The van der Waals surface area contributed by atoms with E-state index in [1.807, 2.05) is 59.7 Å². The van der Waals surface area contributed by atoms with Gasteiger partial charge in [0.2, 0.25) is 5.91 Å². The standard InChI is InChI=1S/C37H65N3O8/c1-25(2)29(20-28-12-13-33(45-10)34(21-28)47-17-11-16-44-9)22-31(39-36(43)48-37(6,7)8)32(41)23-30(26(3)4)35(42)38-27(5)24-40-14-18-46-19-15-40/h12-13,21,25-27,29-32,41H,11,14-20,22-24H2,1-10H3,(H,38,42)(H,39,43)/t27-,29+,30+,31+,32+/m1/s1. The number of aliphatic hydroxyl groups is 1. The molecule has 0 radical (unpaired) electrons. The monoisotopic (exact) mass is 679 g/mol. The van der Waals surface area contributed by atoms with E-state index in [0.717, 1.165) is 31.6 Å². The van der Waals surface area contributed by atoms with Crippen LogP contribution in [0.5, 0.6) is 11.5 Å². The summed E-state index contributed by atoms with van der Waals surface area (Å²) in [6.45, 7) is 20.7. The van der Waals surface area contributed by atoms with Crippen LogP contribution < -0.4 is 20.1 Å². The van der Waals surface area contributed by atoms with Crippen LogP contribution in [0, 0.1) is 23.7 Å². The maximum Gasteiger partial charge on any atom is 0.407 e. The zero-order chi connectivity index (χ0) is 35.9. The number of hydrogen-bond donors (Lipinski definition) is 3. The van der Waals surface area contributed by atoms with E-state index in [1.165, 1.54) is 0 Å². The predicted octanol–water partition coefficient (Wildman–Crippen LogP) is 5.07. The first kappa shape index (κ1) is 41.6. The van der Waals surface area contributed by atoms with Gasteiger partial charge in [0.25, 0.3) is 0 Å². The van der Waals surface area contributed by atoms with Crippen molar-refractivity contribution in [2.24, 2.45) is 23.7 Å². The second-order valence-corrected chi connectivity index (χ2v) is 14.9. The highest BCUT2D eigenvalue weighted by molar-refractivity contribution is 5.79. The van der Waals surface area contributed by atoms with Gasteiger partial charge in [-0.25, -0.2) is 4.79 Å². The van der Waals surface area contributed by atoms with Gasteiger partial charge in [0.15, 0.2) is 11.5 Å². The number of hydrogen-bond acceptors (Lipinski definition) is 9. The van der Waals surface area contributed by atoms with Crippen molar-refractivity contribution in [1.29, 1.82) is 0 Å². The van der Waals surface area contributed by atoms with Gasteiger partial charge in [-0.2, -0.15) is 0 Å². The molecule has 0 aromatic heterocycles. The molecule has 0 bridgehead atoms. The molecule has 2 rings (SSSR count). The number of ether oxygens (including phenoxy) is 5. The maximum absolute atomic E-state index is 13.6. The highest BCUT2D eigenvalue weighted by Gasteiger charge is 2.34. The molecule has 1 saturated heterocycles. The van der Waals surface area contributed by atoms with Crippen molar-refractivity contribution in [3.63, 3.8) is 0 Å². The van der Waals surface area contributed by atoms with Crippen LogP contribution >= 0.6 is 0 Å². The maximum atomic E-state index is 13.6. The lowest BCUT2D eigenvalue weighted by Crippen LogP contribution is -2.50. The Morgan fingerprint density at radius 2 is 1.65 bits per heavy atom. The number of nitrogens with zero attached hydrogens (tertiary/aromatic N) is 1. The summed E-state index contributed by atoms with van der Waals surface area (Å²) in [6.07, 6.45) is 0.602. The fraction of sp³-hybridized carbons (Fsp3) is 0.784. The summed E-state index contributed by atoms with van der Waals surface area (Å²) in [5.74, 6) is 1.12.